The van der Waals surface area contributed by atoms with Gasteiger partial charge in [0.25, 0.3) is 0 Å². The van der Waals surface area contributed by atoms with Crippen molar-refractivity contribution in [2.75, 3.05) is 6.61 Å². The van der Waals surface area contributed by atoms with E-state index in [0.717, 1.165) is 25.7 Å². The van der Waals surface area contributed by atoms with E-state index in [1.54, 1.807) is 0 Å². The first kappa shape index (κ1) is 35.9. The summed E-state index contributed by atoms with van der Waals surface area (Å²) in [6.07, 6.45) is 23.2. The molecule has 0 aromatic heterocycles. The van der Waals surface area contributed by atoms with Crippen molar-refractivity contribution in [2.45, 2.75) is 142 Å². The number of hydrogen-bond acceptors (Lipinski definition) is 5. The Morgan fingerprint density at radius 1 is 0.656 bits per heavy atom. The summed E-state index contributed by atoms with van der Waals surface area (Å²) in [7, 11) is -4.48. The number of unbranched alkanes of at least 4 members (excludes halogenated alkanes) is 17. The SMILES string of the molecule is CCCCCCCCCCCC(=O)O.CCCCCCCCCCCCOS(=O)(=O)[O-].[NH4+]. The van der Waals surface area contributed by atoms with Crippen molar-refractivity contribution >= 4 is 16.4 Å². The summed E-state index contributed by atoms with van der Waals surface area (Å²) in [5.41, 5.74) is 0. The minimum atomic E-state index is -4.48. The molecule has 8 heteroatoms. The van der Waals surface area contributed by atoms with Gasteiger partial charge in [-0.1, -0.05) is 123 Å². The Labute approximate surface area is 198 Å². The molecular formula is C24H53NO6S. The lowest BCUT2D eigenvalue weighted by Gasteiger charge is -2.06. The van der Waals surface area contributed by atoms with Crippen molar-refractivity contribution in [3.63, 3.8) is 0 Å². The van der Waals surface area contributed by atoms with Gasteiger partial charge in [0.1, 0.15) is 0 Å². The largest absolute Gasteiger partial charge is 0.726 e. The molecule has 196 valence electrons. The molecule has 0 rings (SSSR count). The van der Waals surface area contributed by atoms with Gasteiger partial charge in [-0.2, -0.15) is 0 Å². The second-order valence-electron chi connectivity index (χ2n) is 8.38. The number of rotatable bonds is 22. The van der Waals surface area contributed by atoms with Gasteiger partial charge in [0.2, 0.25) is 10.4 Å². The van der Waals surface area contributed by atoms with Gasteiger partial charge in [-0.25, -0.2) is 8.42 Å². The Morgan fingerprint density at radius 2 is 0.969 bits per heavy atom. The quantitative estimate of drug-likeness (QED) is 0.0915. The smallest absolute Gasteiger partial charge is 0.303 e. The normalized spacial score (nSPS) is 10.8. The lowest BCUT2D eigenvalue weighted by atomic mass is 10.1. The van der Waals surface area contributed by atoms with Crippen LogP contribution in [0.15, 0.2) is 0 Å². The fourth-order valence-electron chi connectivity index (χ4n) is 3.34. The maximum absolute atomic E-state index is 10.2. The van der Waals surface area contributed by atoms with Gasteiger partial charge in [-0.05, 0) is 12.8 Å². The van der Waals surface area contributed by atoms with E-state index < -0.39 is 16.4 Å². The zero-order valence-corrected chi connectivity index (χ0v) is 22.1. The molecule has 0 aromatic rings. The van der Waals surface area contributed by atoms with Gasteiger partial charge in [-0.3, -0.25) is 8.98 Å². The number of carboxylic acid groups (broad SMARTS) is 1. The first-order valence-electron chi connectivity index (χ1n) is 12.7. The van der Waals surface area contributed by atoms with Gasteiger partial charge in [0.15, 0.2) is 0 Å². The zero-order chi connectivity index (χ0) is 23.6. The summed E-state index contributed by atoms with van der Waals surface area (Å²) >= 11 is 0. The number of aliphatic carboxylic acids is 1. The van der Waals surface area contributed by atoms with Crippen molar-refractivity contribution in [2.24, 2.45) is 0 Å². The molecule has 0 amide bonds. The number of carboxylic acids is 1. The van der Waals surface area contributed by atoms with Gasteiger partial charge >= 0.3 is 5.97 Å². The van der Waals surface area contributed by atoms with E-state index in [0.29, 0.717) is 12.8 Å². The second-order valence-corrected chi connectivity index (χ2v) is 9.44. The number of carbonyl (C=O) groups is 1. The van der Waals surface area contributed by atoms with Crippen LogP contribution < -0.4 is 6.15 Å². The summed E-state index contributed by atoms with van der Waals surface area (Å²) in [5.74, 6) is -0.659. The Bertz CT molecular complexity index is 471. The summed E-state index contributed by atoms with van der Waals surface area (Å²) in [5, 5.41) is 8.41. The van der Waals surface area contributed by atoms with E-state index in [9.17, 15) is 17.8 Å². The molecule has 0 aromatic carbocycles. The first-order valence-corrected chi connectivity index (χ1v) is 14.0. The van der Waals surface area contributed by atoms with Crippen LogP contribution in [-0.2, 0) is 19.4 Å². The highest BCUT2D eigenvalue weighted by atomic mass is 32.3. The lowest BCUT2D eigenvalue weighted by Crippen LogP contribution is -2.05. The van der Waals surface area contributed by atoms with E-state index in [1.165, 1.54) is 89.9 Å². The third-order valence-corrected chi connectivity index (χ3v) is 5.68. The molecular weight excluding hydrogens is 430 g/mol. The summed E-state index contributed by atoms with van der Waals surface area (Å²) in [6, 6.07) is 0. The van der Waals surface area contributed by atoms with E-state index in [-0.39, 0.29) is 12.8 Å². The molecule has 7 nitrogen and oxygen atoms in total. The predicted molar refractivity (Wildman–Crippen MR) is 133 cm³/mol. The standard InChI is InChI=1S/C12H26O4S.C12H24O2.H3N/c1-2-3-4-5-6-7-8-9-10-11-12-16-17(13,14)15;1-2-3-4-5-6-7-8-9-10-11-12(13)14;/h2-12H2,1H3,(H,13,14,15);2-11H2,1H3,(H,13,14);1H3. The number of quaternary nitrogens is 1. The van der Waals surface area contributed by atoms with Crippen LogP contribution in [-0.4, -0.2) is 30.7 Å². The highest BCUT2D eigenvalue weighted by molar-refractivity contribution is 7.80. The van der Waals surface area contributed by atoms with E-state index in [4.69, 9.17) is 5.11 Å². The molecule has 0 unspecified atom stereocenters. The summed E-state index contributed by atoms with van der Waals surface area (Å²) in [6.45, 7) is 4.47. The molecule has 0 fully saturated rings. The van der Waals surface area contributed by atoms with Crippen LogP contribution >= 0.6 is 0 Å². The highest BCUT2D eigenvalue weighted by Gasteiger charge is 1.97. The minimum Gasteiger partial charge on any atom is -0.726 e. The van der Waals surface area contributed by atoms with Crippen molar-refractivity contribution < 1.29 is 27.1 Å². The fourth-order valence-corrected chi connectivity index (χ4v) is 3.66. The second kappa shape index (κ2) is 28.3. The van der Waals surface area contributed by atoms with Crippen molar-refractivity contribution in [1.82, 2.24) is 6.15 Å². The van der Waals surface area contributed by atoms with E-state index >= 15 is 0 Å². The first-order chi connectivity index (χ1) is 14.8. The van der Waals surface area contributed by atoms with Crippen LogP contribution in [0.2, 0.25) is 0 Å². The fraction of sp³-hybridized carbons (Fsp3) is 0.958. The summed E-state index contributed by atoms with van der Waals surface area (Å²) < 4.78 is 34.5. The average molecular weight is 484 g/mol. The maximum Gasteiger partial charge on any atom is 0.303 e. The topological polar surface area (TPSA) is 140 Å². The third kappa shape index (κ3) is 39.7. The van der Waals surface area contributed by atoms with Crippen LogP contribution in [0.5, 0.6) is 0 Å². The monoisotopic (exact) mass is 483 g/mol. The minimum absolute atomic E-state index is 0. The van der Waals surface area contributed by atoms with E-state index in [1.807, 2.05) is 0 Å². The maximum atomic E-state index is 10.2. The molecule has 0 aliphatic carbocycles. The summed E-state index contributed by atoms with van der Waals surface area (Å²) in [4.78, 5) is 10.2. The molecule has 0 atom stereocenters. The van der Waals surface area contributed by atoms with Crippen LogP contribution in [0, 0.1) is 0 Å². The Balaban J connectivity index is -0.000000519. The average Bonchev–Trinajstić information content (AvgIpc) is 2.70. The lowest BCUT2D eigenvalue weighted by molar-refractivity contribution is -0.137. The van der Waals surface area contributed by atoms with E-state index in [2.05, 4.69) is 18.0 Å². The Kier molecular flexibility index (Phi) is 31.8. The molecule has 0 radical (unpaired) electrons. The molecule has 5 N–H and O–H groups in total. The molecule has 0 saturated heterocycles. The van der Waals surface area contributed by atoms with Crippen LogP contribution in [0.3, 0.4) is 0 Å². The third-order valence-electron chi connectivity index (χ3n) is 5.22. The zero-order valence-electron chi connectivity index (χ0n) is 21.2. The molecule has 0 aliphatic heterocycles. The van der Waals surface area contributed by atoms with Gasteiger partial charge in [0, 0.05) is 6.42 Å². The van der Waals surface area contributed by atoms with Crippen LogP contribution in [0.4, 0.5) is 0 Å². The van der Waals surface area contributed by atoms with Gasteiger partial charge in [-0.15, -0.1) is 0 Å². The highest BCUT2D eigenvalue weighted by Crippen LogP contribution is 2.11. The Hall–Kier alpha value is -0.700. The Morgan fingerprint density at radius 3 is 1.28 bits per heavy atom. The number of hydrogen-bond donors (Lipinski definition) is 2. The van der Waals surface area contributed by atoms with Crippen LogP contribution in [0.1, 0.15) is 142 Å². The van der Waals surface area contributed by atoms with Gasteiger partial charge < -0.3 is 15.8 Å². The van der Waals surface area contributed by atoms with Crippen molar-refractivity contribution in [3.05, 3.63) is 0 Å². The molecule has 0 spiro atoms. The van der Waals surface area contributed by atoms with Crippen molar-refractivity contribution in [1.29, 1.82) is 0 Å². The predicted octanol–water partition coefficient (Wildman–Crippen LogP) is 7.75. The van der Waals surface area contributed by atoms with Crippen LogP contribution in [0.25, 0.3) is 0 Å². The molecule has 0 saturated carbocycles. The molecule has 0 aliphatic rings. The van der Waals surface area contributed by atoms with Gasteiger partial charge in [0.05, 0.1) is 6.61 Å². The molecule has 32 heavy (non-hydrogen) atoms. The molecule has 0 heterocycles. The molecule has 0 bridgehead atoms. The van der Waals surface area contributed by atoms with Crippen molar-refractivity contribution in [3.8, 4) is 0 Å².